The van der Waals surface area contributed by atoms with E-state index in [9.17, 15) is 4.39 Å². The van der Waals surface area contributed by atoms with Gasteiger partial charge in [0.15, 0.2) is 0 Å². The predicted molar refractivity (Wildman–Crippen MR) is 82.1 cm³/mol. The van der Waals surface area contributed by atoms with Crippen molar-refractivity contribution in [1.82, 2.24) is 0 Å². The number of thiocarbonyl (C=S) groups is 1. The maximum Gasteiger partial charge on any atom is 0.124 e. The summed E-state index contributed by atoms with van der Waals surface area (Å²) in [6, 6.07) is 4.73. The summed E-state index contributed by atoms with van der Waals surface area (Å²) in [5, 5.41) is 0. The van der Waals surface area contributed by atoms with Gasteiger partial charge in [-0.1, -0.05) is 25.6 Å². The molecule has 1 fully saturated rings. The highest BCUT2D eigenvalue weighted by Gasteiger charge is 2.19. The second kappa shape index (κ2) is 6.33. The molecule has 0 bridgehead atoms. The van der Waals surface area contributed by atoms with Gasteiger partial charge in [-0.2, -0.15) is 0 Å². The average molecular weight is 280 g/mol. The highest BCUT2D eigenvalue weighted by molar-refractivity contribution is 7.80. The van der Waals surface area contributed by atoms with Crippen LogP contribution >= 0.6 is 12.2 Å². The molecule has 19 heavy (non-hydrogen) atoms. The summed E-state index contributed by atoms with van der Waals surface area (Å²) in [6.07, 6.45) is 4.87. The normalized spacial score (nSPS) is 20.1. The molecule has 2 rings (SSSR count). The van der Waals surface area contributed by atoms with Crippen LogP contribution in [0, 0.1) is 11.7 Å². The first-order valence-electron chi connectivity index (χ1n) is 6.96. The Bertz CT molecular complexity index is 461. The van der Waals surface area contributed by atoms with E-state index in [-0.39, 0.29) is 10.8 Å². The van der Waals surface area contributed by atoms with E-state index in [4.69, 9.17) is 18.0 Å². The van der Waals surface area contributed by atoms with Crippen molar-refractivity contribution >= 4 is 22.9 Å². The number of nitrogens with two attached hydrogens (primary N) is 1. The molecule has 0 saturated carbocycles. The molecular weight excluding hydrogens is 259 g/mol. The maximum absolute atomic E-state index is 13.3. The molecule has 2 nitrogen and oxygen atoms in total. The number of hydrogen-bond donors (Lipinski definition) is 1. The summed E-state index contributed by atoms with van der Waals surface area (Å²) < 4.78 is 13.3. The van der Waals surface area contributed by atoms with E-state index in [1.54, 1.807) is 6.07 Å². The molecule has 1 aromatic rings. The topological polar surface area (TPSA) is 29.3 Å². The van der Waals surface area contributed by atoms with E-state index in [1.165, 1.54) is 37.8 Å². The van der Waals surface area contributed by atoms with E-state index in [1.807, 2.05) is 0 Å². The molecular formula is C15H21FN2S. The monoisotopic (exact) mass is 280 g/mol. The smallest absolute Gasteiger partial charge is 0.124 e. The van der Waals surface area contributed by atoms with Gasteiger partial charge in [0.25, 0.3) is 0 Å². The fourth-order valence-electron chi connectivity index (χ4n) is 2.80. The Balaban J connectivity index is 2.23. The summed E-state index contributed by atoms with van der Waals surface area (Å²) in [5.74, 6) is 0.520. The van der Waals surface area contributed by atoms with Crippen LogP contribution in [0.3, 0.4) is 0 Å². The number of halogens is 1. The lowest BCUT2D eigenvalue weighted by molar-refractivity contribution is 0.459. The average Bonchev–Trinajstić information content (AvgIpc) is 2.63. The molecule has 1 aromatic carbocycles. The standard InChI is InChI=1S/C15H21FN2S/c1-2-11-4-3-8-18(9-7-11)14-6-5-12(16)10-13(14)15(17)19/h5-6,10-11H,2-4,7-9H2,1H3,(H2,17,19). The van der Waals surface area contributed by atoms with Crippen LogP contribution in [0.1, 0.15) is 38.2 Å². The number of nitrogens with zero attached hydrogens (tertiary/aromatic N) is 1. The Hall–Kier alpha value is -1.16. The molecule has 1 aliphatic rings. The lowest BCUT2D eigenvalue weighted by Gasteiger charge is -2.25. The second-order valence-corrected chi connectivity index (χ2v) is 5.66. The van der Waals surface area contributed by atoms with Crippen LogP contribution in [0.15, 0.2) is 18.2 Å². The van der Waals surface area contributed by atoms with Gasteiger partial charge in [0.05, 0.1) is 0 Å². The lowest BCUT2D eigenvalue weighted by atomic mass is 9.98. The van der Waals surface area contributed by atoms with Crippen molar-refractivity contribution in [3.8, 4) is 0 Å². The Morgan fingerprint density at radius 2 is 2.21 bits per heavy atom. The minimum absolute atomic E-state index is 0.269. The highest BCUT2D eigenvalue weighted by Crippen LogP contribution is 2.27. The van der Waals surface area contributed by atoms with Crippen LogP contribution in [0.2, 0.25) is 0 Å². The zero-order chi connectivity index (χ0) is 13.8. The van der Waals surface area contributed by atoms with Gasteiger partial charge in [-0.05, 0) is 43.4 Å². The van der Waals surface area contributed by atoms with Gasteiger partial charge in [-0.15, -0.1) is 0 Å². The maximum atomic E-state index is 13.3. The van der Waals surface area contributed by atoms with Crippen molar-refractivity contribution in [2.45, 2.75) is 32.6 Å². The minimum atomic E-state index is -0.284. The zero-order valence-corrected chi connectivity index (χ0v) is 12.2. The van der Waals surface area contributed by atoms with Crippen LogP contribution < -0.4 is 10.6 Å². The third-order valence-corrected chi connectivity index (χ3v) is 4.21. The third kappa shape index (κ3) is 3.44. The fourth-order valence-corrected chi connectivity index (χ4v) is 2.96. The van der Waals surface area contributed by atoms with E-state index in [0.717, 1.165) is 24.7 Å². The lowest BCUT2D eigenvalue weighted by Crippen LogP contribution is -2.27. The Morgan fingerprint density at radius 1 is 1.42 bits per heavy atom. The summed E-state index contributed by atoms with van der Waals surface area (Å²) >= 11 is 5.04. The molecule has 0 amide bonds. The van der Waals surface area contributed by atoms with Crippen molar-refractivity contribution < 1.29 is 4.39 Å². The largest absolute Gasteiger partial charge is 0.389 e. The number of rotatable bonds is 3. The number of benzene rings is 1. The van der Waals surface area contributed by atoms with Crippen molar-refractivity contribution in [1.29, 1.82) is 0 Å². The van der Waals surface area contributed by atoms with Crippen molar-refractivity contribution in [2.75, 3.05) is 18.0 Å². The van der Waals surface area contributed by atoms with Gasteiger partial charge >= 0.3 is 0 Å². The molecule has 1 aliphatic heterocycles. The number of anilines is 1. The molecule has 104 valence electrons. The van der Waals surface area contributed by atoms with E-state index in [2.05, 4.69) is 11.8 Å². The highest BCUT2D eigenvalue weighted by atomic mass is 32.1. The van der Waals surface area contributed by atoms with E-state index < -0.39 is 0 Å². The zero-order valence-electron chi connectivity index (χ0n) is 11.4. The molecule has 1 unspecified atom stereocenters. The van der Waals surface area contributed by atoms with Crippen LogP contribution in [0.4, 0.5) is 10.1 Å². The minimum Gasteiger partial charge on any atom is -0.389 e. The molecule has 2 N–H and O–H groups in total. The van der Waals surface area contributed by atoms with Crippen molar-refractivity contribution in [3.63, 3.8) is 0 Å². The third-order valence-electron chi connectivity index (χ3n) is 3.99. The van der Waals surface area contributed by atoms with Gasteiger partial charge in [0.2, 0.25) is 0 Å². The predicted octanol–water partition coefficient (Wildman–Crippen LogP) is 3.48. The van der Waals surface area contributed by atoms with Gasteiger partial charge in [0.1, 0.15) is 10.8 Å². The molecule has 0 aromatic heterocycles. The first kappa shape index (κ1) is 14.3. The Labute approximate surface area is 119 Å². The van der Waals surface area contributed by atoms with E-state index in [0.29, 0.717) is 5.56 Å². The second-order valence-electron chi connectivity index (χ2n) is 5.22. The molecule has 0 spiro atoms. The molecule has 1 saturated heterocycles. The van der Waals surface area contributed by atoms with Gasteiger partial charge < -0.3 is 10.6 Å². The quantitative estimate of drug-likeness (QED) is 0.860. The summed E-state index contributed by atoms with van der Waals surface area (Å²) in [4.78, 5) is 2.56. The molecule has 0 radical (unpaired) electrons. The van der Waals surface area contributed by atoms with Crippen LogP contribution in [0.5, 0.6) is 0 Å². The Morgan fingerprint density at radius 3 is 2.89 bits per heavy atom. The molecule has 1 heterocycles. The molecule has 4 heteroatoms. The van der Waals surface area contributed by atoms with Gasteiger partial charge in [-0.3, -0.25) is 0 Å². The fraction of sp³-hybridized carbons (Fsp3) is 0.533. The van der Waals surface area contributed by atoms with Crippen LogP contribution in [-0.2, 0) is 0 Å². The first-order valence-corrected chi connectivity index (χ1v) is 7.37. The summed E-state index contributed by atoms with van der Waals surface area (Å²) in [6.45, 7) is 4.25. The first-order chi connectivity index (χ1) is 9.11. The summed E-state index contributed by atoms with van der Waals surface area (Å²) in [7, 11) is 0. The molecule has 1 atom stereocenters. The van der Waals surface area contributed by atoms with Crippen LogP contribution in [0.25, 0.3) is 0 Å². The van der Waals surface area contributed by atoms with E-state index >= 15 is 0 Å². The number of hydrogen-bond acceptors (Lipinski definition) is 2. The van der Waals surface area contributed by atoms with Crippen molar-refractivity contribution in [3.05, 3.63) is 29.6 Å². The van der Waals surface area contributed by atoms with Gasteiger partial charge in [0, 0.05) is 24.3 Å². The van der Waals surface area contributed by atoms with Gasteiger partial charge in [-0.25, -0.2) is 4.39 Å². The van der Waals surface area contributed by atoms with Crippen molar-refractivity contribution in [2.24, 2.45) is 11.7 Å². The summed E-state index contributed by atoms with van der Waals surface area (Å²) in [5.41, 5.74) is 7.36. The van der Waals surface area contributed by atoms with Crippen LogP contribution in [-0.4, -0.2) is 18.1 Å². The molecule has 0 aliphatic carbocycles. The SMILES string of the molecule is CCC1CCCN(c2ccc(F)cc2C(N)=S)CC1. The Kier molecular flexibility index (Phi) is 4.75.